The van der Waals surface area contributed by atoms with Crippen LogP contribution in [0.3, 0.4) is 0 Å². The van der Waals surface area contributed by atoms with E-state index < -0.39 is 5.97 Å². The maximum absolute atomic E-state index is 12.6. The second-order valence-electron chi connectivity index (χ2n) is 6.18. The predicted octanol–water partition coefficient (Wildman–Crippen LogP) is 2.73. The Kier molecular flexibility index (Phi) is 5.84. The van der Waals surface area contributed by atoms with Crippen molar-refractivity contribution in [1.29, 1.82) is 0 Å². The fourth-order valence-electron chi connectivity index (χ4n) is 2.97. The molecular formula is C20H18ClN3O5. The lowest BCUT2D eigenvalue weighted by atomic mass is 10.0. The van der Waals surface area contributed by atoms with Gasteiger partial charge in [-0.1, -0.05) is 11.6 Å². The number of amides is 1. The van der Waals surface area contributed by atoms with Gasteiger partial charge in [0.2, 0.25) is 0 Å². The summed E-state index contributed by atoms with van der Waals surface area (Å²) in [6.45, 7) is 0.0875. The van der Waals surface area contributed by atoms with Crippen molar-refractivity contribution in [3.8, 4) is 5.75 Å². The number of rotatable bonds is 6. The molecule has 0 saturated heterocycles. The molecule has 0 unspecified atom stereocenters. The molecule has 1 aliphatic heterocycles. The van der Waals surface area contributed by atoms with Gasteiger partial charge in [0.1, 0.15) is 17.0 Å². The lowest BCUT2D eigenvalue weighted by Gasteiger charge is -2.11. The van der Waals surface area contributed by atoms with E-state index in [2.05, 4.69) is 15.0 Å². The van der Waals surface area contributed by atoms with Crippen molar-refractivity contribution in [3.63, 3.8) is 0 Å². The van der Waals surface area contributed by atoms with Gasteiger partial charge in [0, 0.05) is 34.8 Å². The first-order chi connectivity index (χ1) is 13.8. The molecule has 29 heavy (non-hydrogen) atoms. The number of benzene rings is 2. The van der Waals surface area contributed by atoms with Crippen LogP contribution in [-0.2, 0) is 9.53 Å². The summed E-state index contributed by atoms with van der Waals surface area (Å²) in [5, 5.41) is 3.19. The third-order valence-corrected chi connectivity index (χ3v) is 4.62. The maximum Gasteiger partial charge on any atom is 0.341 e. The number of methoxy groups -OCH3 is 2. The number of hydrogen-bond acceptors (Lipinski definition) is 7. The normalized spacial score (nSPS) is 13.8. The van der Waals surface area contributed by atoms with E-state index in [0.717, 1.165) is 0 Å². The molecule has 0 aliphatic carbocycles. The second-order valence-corrected chi connectivity index (χ2v) is 6.62. The van der Waals surface area contributed by atoms with E-state index >= 15 is 0 Å². The molecule has 3 N–H and O–H groups in total. The number of aliphatic imine (C=N–C) groups is 1. The van der Waals surface area contributed by atoms with Crippen LogP contribution in [0, 0.1) is 0 Å². The SMILES string of the molecule is COC(=O)c1cc(N)c(C(=O)CCN=C2C(=O)Nc3cc(Cl)ccc32)cc1OC. The van der Waals surface area contributed by atoms with Gasteiger partial charge in [-0.15, -0.1) is 0 Å². The number of fused-ring (bicyclic) bond motifs is 1. The van der Waals surface area contributed by atoms with Crippen molar-refractivity contribution in [2.24, 2.45) is 4.99 Å². The van der Waals surface area contributed by atoms with Gasteiger partial charge in [-0.2, -0.15) is 0 Å². The Bertz CT molecular complexity index is 1050. The maximum atomic E-state index is 12.6. The smallest absolute Gasteiger partial charge is 0.341 e. The highest BCUT2D eigenvalue weighted by molar-refractivity contribution is 6.54. The molecule has 2 aromatic rings. The first-order valence-corrected chi connectivity index (χ1v) is 8.98. The number of nitrogens with zero attached hydrogens (tertiary/aromatic N) is 1. The van der Waals surface area contributed by atoms with Gasteiger partial charge < -0.3 is 20.5 Å². The molecule has 1 heterocycles. The van der Waals surface area contributed by atoms with E-state index in [1.807, 2.05) is 0 Å². The highest BCUT2D eigenvalue weighted by atomic mass is 35.5. The van der Waals surface area contributed by atoms with Crippen molar-refractivity contribution in [2.75, 3.05) is 31.8 Å². The third-order valence-electron chi connectivity index (χ3n) is 4.39. The summed E-state index contributed by atoms with van der Waals surface area (Å²) in [5.41, 5.74) is 7.86. The minimum Gasteiger partial charge on any atom is -0.496 e. The Labute approximate surface area is 171 Å². The number of esters is 1. The predicted molar refractivity (Wildman–Crippen MR) is 109 cm³/mol. The minimum absolute atomic E-state index is 0.0185. The summed E-state index contributed by atoms with van der Waals surface area (Å²) >= 11 is 5.93. The standard InChI is InChI=1S/C20H18ClN3O5/c1-28-17-9-12(14(22)8-13(17)20(27)29-2)16(25)5-6-23-18-11-4-3-10(21)7-15(11)24-19(18)26/h3-4,7-9H,5-6,22H2,1-2H3,(H,23,24,26). The Morgan fingerprint density at radius 1 is 1.17 bits per heavy atom. The van der Waals surface area contributed by atoms with Crippen LogP contribution in [0.25, 0.3) is 0 Å². The lowest BCUT2D eigenvalue weighted by molar-refractivity contribution is -0.110. The number of hydrogen-bond donors (Lipinski definition) is 2. The molecular weight excluding hydrogens is 398 g/mol. The Hall–Kier alpha value is -3.39. The van der Waals surface area contributed by atoms with E-state index in [0.29, 0.717) is 16.3 Å². The zero-order valence-corrected chi connectivity index (χ0v) is 16.5. The van der Waals surface area contributed by atoms with Gasteiger partial charge in [0.05, 0.1) is 19.9 Å². The van der Waals surface area contributed by atoms with E-state index in [1.165, 1.54) is 26.4 Å². The number of Topliss-reactive ketones (excluding diaryl/α,β-unsaturated/α-hetero) is 1. The largest absolute Gasteiger partial charge is 0.496 e. The van der Waals surface area contributed by atoms with E-state index in [1.54, 1.807) is 18.2 Å². The number of anilines is 2. The highest BCUT2D eigenvalue weighted by Gasteiger charge is 2.26. The summed E-state index contributed by atoms with van der Waals surface area (Å²) in [6.07, 6.45) is 0.0185. The van der Waals surface area contributed by atoms with Crippen LogP contribution in [-0.4, -0.2) is 44.1 Å². The summed E-state index contributed by atoms with van der Waals surface area (Å²) in [5.74, 6) is -1.08. The summed E-state index contributed by atoms with van der Waals surface area (Å²) in [6, 6.07) is 7.74. The molecule has 9 heteroatoms. The zero-order chi connectivity index (χ0) is 21.1. The van der Waals surface area contributed by atoms with E-state index in [9.17, 15) is 14.4 Å². The Balaban J connectivity index is 1.77. The molecule has 0 bridgehead atoms. The molecule has 0 radical (unpaired) electrons. The van der Waals surface area contributed by atoms with Gasteiger partial charge in [0.25, 0.3) is 5.91 Å². The number of carbonyl (C=O) groups is 3. The molecule has 150 valence electrons. The summed E-state index contributed by atoms with van der Waals surface area (Å²) in [7, 11) is 2.61. The average molecular weight is 416 g/mol. The molecule has 0 fully saturated rings. The second kappa shape index (κ2) is 8.32. The van der Waals surface area contributed by atoms with Crippen LogP contribution in [0.2, 0.25) is 5.02 Å². The van der Waals surface area contributed by atoms with Gasteiger partial charge in [-0.25, -0.2) is 4.79 Å². The summed E-state index contributed by atoms with van der Waals surface area (Å²) < 4.78 is 9.84. The van der Waals surface area contributed by atoms with E-state index in [-0.39, 0.29) is 52.9 Å². The first kappa shape index (κ1) is 20.3. The number of nitrogens with two attached hydrogens (primary N) is 1. The molecule has 0 saturated carbocycles. The van der Waals surface area contributed by atoms with Gasteiger partial charge in [0.15, 0.2) is 5.78 Å². The Morgan fingerprint density at radius 2 is 1.93 bits per heavy atom. The highest BCUT2D eigenvalue weighted by Crippen LogP contribution is 2.28. The lowest BCUT2D eigenvalue weighted by Crippen LogP contribution is -2.15. The molecule has 2 aromatic carbocycles. The van der Waals surface area contributed by atoms with Crippen LogP contribution in [0.4, 0.5) is 11.4 Å². The number of carbonyl (C=O) groups excluding carboxylic acids is 3. The fraction of sp³-hybridized carbons (Fsp3) is 0.200. The van der Waals surface area contributed by atoms with Crippen molar-refractivity contribution >= 4 is 46.3 Å². The van der Waals surface area contributed by atoms with Crippen molar-refractivity contribution in [1.82, 2.24) is 0 Å². The minimum atomic E-state index is -0.620. The van der Waals surface area contributed by atoms with Crippen LogP contribution in [0.5, 0.6) is 5.75 Å². The fourth-order valence-corrected chi connectivity index (χ4v) is 3.14. The molecule has 0 atom stereocenters. The van der Waals surface area contributed by atoms with Crippen molar-refractivity contribution < 1.29 is 23.9 Å². The number of halogens is 1. The molecule has 1 amide bonds. The first-order valence-electron chi connectivity index (χ1n) is 8.60. The topological polar surface area (TPSA) is 120 Å². The van der Waals surface area contributed by atoms with Crippen molar-refractivity contribution in [3.05, 3.63) is 52.0 Å². The number of ketones is 1. The van der Waals surface area contributed by atoms with Crippen LogP contribution < -0.4 is 15.8 Å². The molecule has 0 spiro atoms. The molecule has 0 aromatic heterocycles. The van der Waals surface area contributed by atoms with Crippen LogP contribution in [0.15, 0.2) is 35.3 Å². The quantitative estimate of drug-likeness (QED) is 0.425. The third kappa shape index (κ3) is 4.07. The Morgan fingerprint density at radius 3 is 2.62 bits per heavy atom. The van der Waals surface area contributed by atoms with Crippen LogP contribution >= 0.6 is 11.6 Å². The number of ether oxygens (including phenoxy) is 2. The molecule has 8 nitrogen and oxygen atoms in total. The molecule has 3 rings (SSSR count). The average Bonchev–Trinajstić information content (AvgIpc) is 3.01. The summed E-state index contributed by atoms with van der Waals surface area (Å²) in [4.78, 5) is 40.8. The monoisotopic (exact) mass is 415 g/mol. The number of nitrogen functional groups attached to an aromatic ring is 1. The van der Waals surface area contributed by atoms with Crippen LogP contribution in [0.1, 0.15) is 32.7 Å². The number of nitrogens with one attached hydrogen (secondary N) is 1. The van der Waals surface area contributed by atoms with Crippen molar-refractivity contribution in [2.45, 2.75) is 6.42 Å². The van der Waals surface area contributed by atoms with Gasteiger partial charge in [-0.3, -0.25) is 14.6 Å². The van der Waals surface area contributed by atoms with E-state index in [4.69, 9.17) is 22.1 Å². The molecule has 1 aliphatic rings. The zero-order valence-electron chi connectivity index (χ0n) is 15.7. The van der Waals surface area contributed by atoms with Gasteiger partial charge in [-0.05, 0) is 30.3 Å². The van der Waals surface area contributed by atoms with Gasteiger partial charge >= 0.3 is 5.97 Å².